The maximum Gasteiger partial charge on any atom is 0.222 e. The number of rotatable bonds is 5. The Hall–Kier alpha value is -1.52. The van der Waals surface area contributed by atoms with Crippen LogP contribution in [0.25, 0.3) is 10.9 Å². The Labute approximate surface area is 148 Å². The summed E-state index contributed by atoms with van der Waals surface area (Å²) in [6.07, 6.45) is 5.02. The number of aryl methyl sites for hydroxylation is 1. The molecule has 1 fully saturated rings. The molecule has 0 radical (unpaired) electrons. The van der Waals surface area contributed by atoms with Gasteiger partial charge in [0.1, 0.15) is 0 Å². The van der Waals surface area contributed by atoms with Crippen molar-refractivity contribution in [3.05, 3.63) is 35.5 Å². The molecular formula is C19H25ClN2O2. The highest BCUT2D eigenvalue weighted by atomic mass is 35.5. The summed E-state index contributed by atoms with van der Waals surface area (Å²) < 4.78 is 2.18. The molecule has 0 saturated carbocycles. The Kier molecular flexibility index (Phi) is 5.47. The molecule has 1 N–H and O–H groups in total. The van der Waals surface area contributed by atoms with Crippen LogP contribution in [0.15, 0.2) is 30.5 Å². The van der Waals surface area contributed by atoms with Gasteiger partial charge in [-0.1, -0.05) is 11.6 Å². The summed E-state index contributed by atoms with van der Waals surface area (Å²) in [6.45, 7) is 4.23. The van der Waals surface area contributed by atoms with E-state index in [1.165, 1.54) is 0 Å². The number of fused-ring (bicyclic) bond motifs is 1. The summed E-state index contributed by atoms with van der Waals surface area (Å²) in [5.41, 5.74) is 1.16. The molecule has 24 heavy (non-hydrogen) atoms. The standard InChI is InChI=1S/C19H25ClN2O2/c1-14(23)15-6-11-22(12-7-15)19(24)3-2-9-21-10-8-16-13-17(20)4-5-18(16)21/h4-5,8,10,13-15,23H,2-3,6-7,9,11-12H2,1H3. The second-order valence-corrected chi connectivity index (χ2v) is 7.21. The van der Waals surface area contributed by atoms with Crippen LogP contribution >= 0.6 is 11.6 Å². The molecule has 0 aliphatic carbocycles. The van der Waals surface area contributed by atoms with Crippen molar-refractivity contribution in [3.8, 4) is 0 Å². The Morgan fingerprint density at radius 2 is 2.08 bits per heavy atom. The molecule has 130 valence electrons. The smallest absolute Gasteiger partial charge is 0.222 e. The normalized spacial score (nSPS) is 17.4. The lowest BCUT2D eigenvalue weighted by Gasteiger charge is -2.33. The fourth-order valence-corrected chi connectivity index (χ4v) is 3.74. The zero-order chi connectivity index (χ0) is 17.1. The van der Waals surface area contributed by atoms with Gasteiger partial charge in [0.25, 0.3) is 0 Å². The maximum atomic E-state index is 12.3. The molecule has 1 unspecified atom stereocenters. The SMILES string of the molecule is CC(O)C1CCN(C(=O)CCCn2ccc3cc(Cl)ccc32)CC1. The molecule has 1 atom stereocenters. The molecule has 1 aromatic heterocycles. The number of piperidine rings is 1. The van der Waals surface area contributed by atoms with Crippen molar-refractivity contribution in [2.45, 2.75) is 45.3 Å². The number of carbonyl (C=O) groups excluding carboxylic acids is 1. The van der Waals surface area contributed by atoms with Crippen LogP contribution in [0.2, 0.25) is 5.02 Å². The summed E-state index contributed by atoms with van der Waals surface area (Å²) in [6, 6.07) is 7.95. The number of hydrogen-bond donors (Lipinski definition) is 1. The van der Waals surface area contributed by atoms with Crippen molar-refractivity contribution >= 4 is 28.4 Å². The number of carbonyl (C=O) groups is 1. The molecule has 1 aromatic carbocycles. The quantitative estimate of drug-likeness (QED) is 0.895. The summed E-state index contributed by atoms with van der Waals surface area (Å²) in [7, 11) is 0. The number of likely N-dealkylation sites (tertiary alicyclic amines) is 1. The zero-order valence-electron chi connectivity index (χ0n) is 14.1. The van der Waals surface area contributed by atoms with Crippen LogP contribution < -0.4 is 0 Å². The van der Waals surface area contributed by atoms with Gasteiger partial charge < -0.3 is 14.6 Å². The van der Waals surface area contributed by atoms with Gasteiger partial charge in [-0.15, -0.1) is 0 Å². The Morgan fingerprint density at radius 3 is 2.79 bits per heavy atom. The Balaban J connectivity index is 1.48. The van der Waals surface area contributed by atoms with E-state index in [0.717, 1.165) is 54.8 Å². The molecule has 1 amide bonds. The van der Waals surface area contributed by atoms with E-state index >= 15 is 0 Å². The fraction of sp³-hybridized carbons (Fsp3) is 0.526. The molecule has 5 heteroatoms. The van der Waals surface area contributed by atoms with Crippen LogP contribution in [-0.2, 0) is 11.3 Å². The van der Waals surface area contributed by atoms with Crippen LogP contribution in [0.1, 0.15) is 32.6 Å². The first kappa shape index (κ1) is 17.3. The van der Waals surface area contributed by atoms with Crippen molar-refractivity contribution in [1.82, 2.24) is 9.47 Å². The molecule has 4 nitrogen and oxygen atoms in total. The summed E-state index contributed by atoms with van der Waals surface area (Å²) >= 11 is 6.01. The van der Waals surface area contributed by atoms with E-state index in [1.807, 2.05) is 30.0 Å². The monoisotopic (exact) mass is 348 g/mol. The van der Waals surface area contributed by atoms with Crippen LogP contribution in [0, 0.1) is 5.92 Å². The van der Waals surface area contributed by atoms with E-state index in [9.17, 15) is 9.90 Å². The van der Waals surface area contributed by atoms with Crippen molar-refractivity contribution in [2.24, 2.45) is 5.92 Å². The van der Waals surface area contributed by atoms with Gasteiger partial charge in [0.15, 0.2) is 0 Å². The van der Waals surface area contributed by atoms with Gasteiger partial charge in [0.05, 0.1) is 6.10 Å². The first-order chi connectivity index (χ1) is 11.5. The fourth-order valence-electron chi connectivity index (χ4n) is 3.56. The minimum atomic E-state index is -0.266. The highest BCUT2D eigenvalue weighted by Gasteiger charge is 2.24. The van der Waals surface area contributed by atoms with Crippen LogP contribution in [0.5, 0.6) is 0 Å². The maximum absolute atomic E-state index is 12.3. The van der Waals surface area contributed by atoms with Gasteiger partial charge in [-0.3, -0.25) is 4.79 Å². The number of aliphatic hydroxyl groups excluding tert-OH is 1. The summed E-state index contributed by atoms with van der Waals surface area (Å²) in [4.78, 5) is 14.3. The molecule has 1 aliphatic heterocycles. The third kappa shape index (κ3) is 3.93. The van der Waals surface area contributed by atoms with Gasteiger partial charge in [-0.2, -0.15) is 0 Å². The zero-order valence-corrected chi connectivity index (χ0v) is 14.9. The first-order valence-electron chi connectivity index (χ1n) is 8.75. The van der Waals surface area contributed by atoms with Gasteiger partial charge in [-0.25, -0.2) is 0 Å². The van der Waals surface area contributed by atoms with Gasteiger partial charge in [-0.05, 0) is 56.4 Å². The van der Waals surface area contributed by atoms with Crippen LogP contribution in [0.3, 0.4) is 0 Å². The Morgan fingerprint density at radius 1 is 1.33 bits per heavy atom. The van der Waals surface area contributed by atoms with E-state index in [4.69, 9.17) is 11.6 Å². The lowest BCUT2D eigenvalue weighted by atomic mass is 9.92. The van der Waals surface area contributed by atoms with Gasteiger partial charge in [0, 0.05) is 48.2 Å². The Bertz CT molecular complexity index is 702. The first-order valence-corrected chi connectivity index (χ1v) is 9.12. The predicted octanol–water partition coefficient (Wildman–Crippen LogP) is 3.69. The molecular weight excluding hydrogens is 324 g/mol. The molecule has 2 heterocycles. The van der Waals surface area contributed by atoms with E-state index < -0.39 is 0 Å². The van der Waals surface area contributed by atoms with Gasteiger partial charge >= 0.3 is 0 Å². The van der Waals surface area contributed by atoms with E-state index in [2.05, 4.69) is 16.8 Å². The van der Waals surface area contributed by atoms with Crippen molar-refractivity contribution in [2.75, 3.05) is 13.1 Å². The van der Waals surface area contributed by atoms with Crippen molar-refractivity contribution < 1.29 is 9.90 Å². The average molecular weight is 349 g/mol. The number of nitrogens with zero attached hydrogens (tertiary/aromatic N) is 2. The molecule has 3 rings (SSSR count). The minimum absolute atomic E-state index is 0.235. The molecule has 0 spiro atoms. The second kappa shape index (κ2) is 7.58. The molecule has 1 saturated heterocycles. The summed E-state index contributed by atoms with van der Waals surface area (Å²) in [5.74, 6) is 0.575. The minimum Gasteiger partial charge on any atom is -0.393 e. The number of halogens is 1. The largest absolute Gasteiger partial charge is 0.393 e. The predicted molar refractivity (Wildman–Crippen MR) is 97.2 cm³/mol. The third-order valence-electron chi connectivity index (χ3n) is 5.10. The summed E-state index contributed by atoms with van der Waals surface area (Å²) in [5, 5.41) is 11.5. The van der Waals surface area contributed by atoms with E-state index in [0.29, 0.717) is 12.3 Å². The topological polar surface area (TPSA) is 45.5 Å². The number of benzene rings is 1. The third-order valence-corrected chi connectivity index (χ3v) is 5.33. The van der Waals surface area contributed by atoms with E-state index in [-0.39, 0.29) is 12.0 Å². The molecule has 0 bridgehead atoms. The van der Waals surface area contributed by atoms with Crippen LogP contribution in [-0.4, -0.2) is 39.7 Å². The number of amides is 1. The van der Waals surface area contributed by atoms with Crippen molar-refractivity contribution in [1.29, 1.82) is 0 Å². The lowest BCUT2D eigenvalue weighted by Crippen LogP contribution is -2.40. The number of aliphatic hydroxyl groups is 1. The molecule has 1 aliphatic rings. The highest BCUT2D eigenvalue weighted by Crippen LogP contribution is 2.22. The number of aromatic nitrogens is 1. The lowest BCUT2D eigenvalue weighted by molar-refractivity contribution is -0.133. The number of hydrogen-bond acceptors (Lipinski definition) is 2. The highest BCUT2D eigenvalue weighted by molar-refractivity contribution is 6.31. The average Bonchev–Trinajstić information content (AvgIpc) is 2.97. The molecule has 2 aromatic rings. The van der Waals surface area contributed by atoms with Crippen LogP contribution in [0.4, 0.5) is 0 Å². The second-order valence-electron chi connectivity index (χ2n) is 6.77. The van der Waals surface area contributed by atoms with Gasteiger partial charge in [0.2, 0.25) is 5.91 Å². The van der Waals surface area contributed by atoms with E-state index in [1.54, 1.807) is 0 Å². The van der Waals surface area contributed by atoms with Crippen molar-refractivity contribution in [3.63, 3.8) is 0 Å².